The lowest BCUT2D eigenvalue weighted by Crippen LogP contribution is -2.31. The molecule has 2 N–H and O–H groups in total. The number of rotatable bonds is 6. The van der Waals surface area contributed by atoms with E-state index in [9.17, 15) is 18.3 Å². The van der Waals surface area contributed by atoms with Gasteiger partial charge in [-0.05, 0) is 43.0 Å². The molecule has 0 fully saturated rings. The van der Waals surface area contributed by atoms with E-state index in [4.69, 9.17) is 0 Å². The summed E-state index contributed by atoms with van der Waals surface area (Å²) in [6.45, 7) is 4.29. The van der Waals surface area contributed by atoms with Crippen LogP contribution in [0, 0.1) is 5.92 Å². The standard InChI is InChI=1S/C23H24N4O4S/c1-15(2)9-7-8-14-24-27-18-12-5-3-10-16(18)21(28)20(23(27)29)22-25-17-11-4-6-13-19(17)32(30,31)26-22/h3-6,10-15,28H,7-9H2,1-2H3,(H,25,26). The second-order valence-electron chi connectivity index (χ2n) is 8.02. The first-order valence-corrected chi connectivity index (χ1v) is 11.8. The summed E-state index contributed by atoms with van der Waals surface area (Å²) < 4.78 is 30.3. The Morgan fingerprint density at radius 2 is 1.88 bits per heavy atom. The van der Waals surface area contributed by atoms with Gasteiger partial charge in [0.15, 0.2) is 5.84 Å². The van der Waals surface area contributed by atoms with Gasteiger partial charge in [0.1, 0.15) is 16.2 Å². The minimum absolute atomic E-state index is 0.00697. The van der Waals surface area contributed by atoms with Crippen LogP contribution >= 0.6 is 0 Å². The van der Waals surface area contributed by atoms with Gasteiger partial charge in [0.05, 0.1) is 11.2 Å². The van der Waals surface area contributed by atoms with Gasteiger partial charge in [0.25, 0.3) is 15.6 Å². The zero-order chi connectivity index (χ0) is 22.9. The Bertz CT molecular complexity index is 1410. The van der Waals surface area contributed by atoms with Crippen molar-refractivity contribution in [3.05, 3.63) is 64.4 Å². The summed E-state index contributed by atoms with van der Waals surface area (Å²) in [5, 5.41) is 18.5. The van der Waals surface area contributed by atoms with E-state index in [2.05, 4.69) is 28.7 Å². The Labute approximate surface area is 186 Å². The molecule has 0 radical (unpaired) electrons. The van der Waals surface area contributed by atoms with Crippen molar-refractivity contribution in [3.8, 4) is 5.75 Å². The molecule has 0 amide bonds. The quantitative estimate of drug-likeness (QED) is 0.435. The lowest BCUT2D eigenvalue weighted by atomic mass is 10.1. The highest BCUT2D eigenvalue weighted by atomic mass is 32.2. The van der Waals surface area contributed by atoms with Gasteiger partial charge in [-0.2, -0.15) is 18.2 Å². The van der Waals surface area contributed by atoms with E-state index in [1.165, 1.54) is 10.7 Å². The SMILES string of the molecule is CC(C)CCCC=Nn1c(=O)c(C2=NS(=O)(=O)c3ccccc3N2)c(O)c2ccccc21. The minimum Gasteiger partial charge on any atom is -0.506 e. The molecule has 9 heteroatoms. The molecule has 0 atom stereocenters. The topological polar surface area (TPSA) is 113 Å². The molecule has 4 rings (SSSR count). The summed E-state index contributed by atoms with van der Waals surface area (Å²) in [6, 6.07) is 13.0. The molecule has 2 heterocycles. The van der Waals surface area contributed by atoms with Crippen LogP contribution < -0.4 is 10.9 Å². The van der Waals surface area contributed by atoms with Gasteiger partial charge < -0.3 is 10.4 Å². The third-order valence-electron chi connectivity index (χ3n) is 5.21. The van der Waals surface area contributed by atoms with Crippen molar-refractivity contribution < 1.29 is 13.5 Å². The van der Waals surface area contributed by atoms with Crippen LogP contribution in [-0.4, -0.2) is 30.3 Å². The van der Waals surface area contributed by atoms with E-state index in [-0.39, 0.29) is 27.7 Å². The molecule has 8 nitrogen and oxygen atoms in total. The van der Waals surface area contributed by atoms with E-state index < -0.39 is 15.6 Å². The highest BCUT2D eigenvalue weighted by Crippen LogP contribution is 2.32. The highest BCUT2D eigenvalue weighted by molar-refractivity contribution is 7.90. The van der Waals surface area contributed by atoms with E-state index >= 15 is 0 Å². The highest BCUT2D eigenvalue weighted by Gasteiger charge is 2.29. The Morgan fingerprint density at radius 3 is 2.66 bits per heavy atom. The number of unbranched alkanes of at least 4 members (excludes halogenated alkanes) is 1. The van der Waals surface area contributed by atoms with Crippen molar-refractivity contribution in [2.24, 2.45) is 15.4 Å². The Balaban J connectivity index is 1.86. The number of aromatic hydroxyl groups is 1. The summed E-state index contributed by atoms with van der Waals surface area (Å²) in [7, 11) is -4.04. The van der Waals surface area contributed by atoms with Gasteiger partial charge in [-0.25, -0.2) is 0 Å². The number of anilines is 1. The molecule has 3 aromatic rings. The largest absolute Gasteiger partial charge is 0.506 e. The van der Waals surface area contributed by atoms with Crippen LogP contribution in [0.5, 0.6) is 5.75 Å². The zero-order valence-corrected chi connectivity index (χ0v) is 18.6. The van der Waals surface area contributed by atoms with Crippen molar-refractivity contribution in [2.75, 3.05) is 5.32 Å². The number of benzene rings is 2. The van der Waals surface area contributed by atoms with Gasteiger partial charge in [-0.15, -0.1) is 4.40 Å². The number of hydrogen-bond donors (Lipinski definition) is 2. The molecular formula is C23H24N4O4S. The summed E-state index contributed by atoms with van der Waals surface area (Å²) in [5.74, 6) is -0.00848. The van der Waals surface area contributed by atoms with Gasteiger partial charge >= 0.3 is 0 Å². The first-order chi connectivity index (χ1) is 15.3. The number of nitrogens with zero attached hydrogens (tertiary/aromatic N) is 3. The molecule has 1 aromatic heterocycles. The predicted molar refractivity (Wildman–Crippen MR) is 126 cm³/mol. The first-order valence-electron chi connectivity index (χ1n) is 10.4. The Kier molecular flexibility index (Phi) is 5.84. The molecule has 0 spiro atoms. The number of nitrogens with one attached hydrogen (secondary N) is 1. The van der Waals surface area contributed by atoms with E-state index in [1.807, 2.05) is 0 Å². The van der Waals surface area contributed by atoms with Crippen molar-refractivity contribution in [1.29, 1.82) is 0 Å². The Hall–Kier alpha value is -3.46. The molecule has 0 aliphatic carbocycles. The molecule has 0 saturated carbocycles. The maximum atomic E-state index is 13.4. The number of amidine groups is 1. The number of pyridine rings is 1. The molecule has 1 aliphatic heterocycles. The van der Waals surface area contributed by atoms with Gasteiger partial charge in [-0.1, -0.05) is 44.5 Å². The number of para-hydroxylation sites is 2. The van der Waals surface area contributed by atoms with Crippen molar-refractivity contribution >= 4 is 38.7 Å². The number of hydrogen-bond acceptors (Lipinski definition) is 6. The van der Waals surface area contributed by atoms with Crippen LogP contribution in [0.2, 0.25) is 0 Å². The third-order valence-corrected chi connectivity index (χ3v) is 6.54. The first kappa shape index (κ1) is 21.8. The van der Waals surface area contributed by atoms with Crippen molar-refractivity contribution in [3.63, 3.8) is 0 Å². The molecular weight excluding hydrogens is 428 g/mol. The van der Waals surface area contributed by atoms with Crippen LogP contribution in [-0.2, 0) is 10.0 Å². The summed E-state index contributed by atoms with van der Waals surface area (Å²) >= 11 is 0. The Morgan fingerprint density at radius 1 is 1.16 bits per heavy atom. The van der Waals surface area contributed by atoms with E-state index in [0.29, 0.717) is 23.2 Å². The van der Waals surface area contributed by atoms with Crippen LogP contribution in [0.4, 0.5) is 5.69 Å². The van der Waals surface area contributed by atoms with Crippen LogP contribution in [0.15, 0.2) is 67.7 Å². The van der Waals surface area contributed by atoms with Crippen molar-refractivity contribution in [1.82, 2.24) is 4.68 Å². The van der Waals surface area contributed by atoms with E-state index in [0.717, 1.165) is 12.8 Å². The van der Waals surface area contributed by atoms with Crippen LogP contribution in [0.1, 0.15) is 38.7 Å². The fourth-order valence-corrected chi connectivity index (χ4v) is 4.74. The zero-order valence-electron chi connectivity index (χ0n) is 17.8. The molecule has 1 aliphatic rings. The van der Waals surface area contributed by atoms with E-state index in [1.54, 1.807) is 48.7 Å². The number of sulfonamides is 1. The fraction of sp³-hybridized carbons (Fsp3) is 0.261. The molecule has 166 valence electrons. The monoisotopic (exact) mass is 452 g/mol. The molecule has 32 heavy (non-hydrogen) atoms. The fourth-order valence-electron chi connectivity index (χ4n) is 3.62. The van der Waals surface area contributed by atoms with Crippen molar-refractivity contribution in [2.45, 2.75) is 38.0 Å². The lowest BCUT2D eigenvalue weighted by molar-refractivity contribution is 0.478. The lowest BCUT2D eigenvalue weighted by Gasteiger charge is -2.19. The number of fused-ring (bicyclic) bond motifs is 2. The van der Waals surface area contributed by atoms with Gasteiger partial charge in [0.2, 0.25) is 0 Å². The van der Waals surface area contributed by atoms with Crippen LogP contribution in [0.25, 0.3) is 10.9 Å². The second-order valence-corrected chi connectivity index (χ2v) is 9.59. The molecule has 0 unspecified atom stereocenters. The summed E-state index contributed by atoms with van der Waals surface area (Å²) in [6.07, 6.45) is 4.33. The predicted octanol–water partition coefficient (Wildman–Crippen LogP) is 3.93. The van der Waals surface area contributed by atoms with Gasteiger partial charge in [-0.3, -0.25) is 4.79 Å². The average Bonchev–Trinajstić information content (AvgIpc) is 2.75. The molecule has 0 saturated heterocycles. The smallest absolute Gasteiger partial charge is 0.286 e. The normalized spacial score (nSPS) is 15.0. The second kappa shape index (κ2) is 8.58. The molecule has 0 bridgehead atoms. The van der Waals surface area contributed by atoms with Gasteiger partial charge in [0, 0.05) is 11.6 Å². The third kappa shape index (κ3) is 4.03. The maximum Gasteiger partial charge on any atom is 0.286 e. The molecule has 2 aromatic carbocycles. The minimum atomic E-state index is -4.04. The average molecular weight is 453 g/mol. The summed E-state index contributed by atoms with van der Waals surface area (Å²) in [4.78, 5) is 13.4. The van der Waals surface area contributed by atoms with Crippen LogP contribution in [0.3, 0.4) is 0 Å². The summed E-state index contributed by atoms with van der Waals surface area (Å²) in [5.41, 5.74) is -0.213. The number of aromatic nitrogens is 1. The maximum absolute atomic E-state index is 13.4.